The van der Waals surface area contributed by atoms with Crippen molar-refractivity contribution in [2.45, 2.75) is 13.0 Å². The molecular formula is C23H21NO3. The molecule has 27 heavy (non-hydrogen) atoms. The third kappa shape index (κ3) is 3.95. The van der Waals surface area contributed by atoms with Crippen LogP contribution in [0.25, 0.3) is 5.57 Å². The van der Waals surface area contributed by atoms with Crippen LogP contribution >= 0.6 is 0 Å². The molecule has 1 aliphatic rings. The van der Waals surface area contributed by atoms with Crippen molar-refractivity contribution in [1.29, 1.82) is 0 Å². The normalized spacial score (nSPS) is 13.9. The van der Waals surface area contributed by atoms with Crippen molar-refractivity contribution in [2.24, 2.45) is 0 Å². The lowest BCUT2D eigenvalue weighted by Gasteiger charge is -2.26. The fraction of sp³-hybridized carbons (Fsp3) is 0.174. The van der Waals surface area contributed by atoms with Crippen LogP contribution in [-0.4, -0.2) is 23.9 Å². The van der Waals surface area contributed by atoms with Crippen LogP contribution in [0.5, 0.6) is 5.75 Å². The highest BCUT2D eigenvalue weighted by Gasteiger charge is 2.24. The van der Waals surface area contributed by atoms with Crippen LogP contribution in [0.15, 0.2) is 83.5 Å². The predicted molar refractivity (Wildman–Crippen MR) is 104 cm³/mol. The summed E-state index contributed by atoms with van der Waals surface area (Å²) in [7, 11) is 0. The molecule has 4 heteroatoms. The summed E-state index contributed by atoms with van der Waals surface area (Å²) in [6, 6.07) is 21.7. The van der Waals surface area contributed by atoms with Gasteiger partial charge in [0.15, 0.2) is 5.76 Å². The Hall–Kier alpha value is -3.27. The predicted octanol–water partition coefficient (Wildman–Crippen LogP) is 4.79. The van der Waals surface area contributed by atoms with Crippen molar-refractivity contribution >= 4 is 11.5 Å². The van der Waals surface area contributed by atoms with Crippen molar-refractivity contribution in [2.75, 3.05) is 13.1 Å². The van der Waals surface area contributed by atoms with Gasteiger partial charge in [-0.15, -0.1) is 0 Å². The van der Waals surface area contributed by atoms with Crippen molar-refractivity contribution in [3.8, 4) is 5.75 Å². The Morgan fingerprint density at radius 2 is 1.74 bits per heavy atom. The average molecular weight is 359 g/mol. The second-order valence-corrected chi connectivity index (χ2v) is 6.47. The van der Waals surface area contributed by atoms with E-state index in [1.807, 2.05) is 53.4 Å². The number of rotatable bonds is 5. The Morgan fingerprint density at radius 3 is 2.44 bits per heavy atom. The third-order valence-electron chi connectivity index (χ3n) is 4.72. The number of hydrogen-bond donors (Lipinski definition) is 0. The zero-order valence-electron chi connectivity index (χ0n) is 15.0. The summed E-state index contributed by atoms with van der Waals surface area (Å²) in [5, 5.41) is 0. The zero-order chi connectivity index (χ0) is 18.5. The molecular weight excluding hydrogens is 338 g/mol. The molecule has 4 rings (SSSR count). The van der Waals surface area contributed by atoms with Gasteiger partial charge in [0.2, 0.25) is 0 Å². The third-order valence-corrected chi connectivity index (χ3v) is 4.72. The first-order valence-electron chi connectivity index (χ1n) is 9.09. The number of para-hydroxylation sites is 1. The van der Waals surface area contributed by atoms with Crippen LogP contribution in [0.2, 0.25) is 0 Å². The van der Waals surface area contributed by atoms with Gasteiger partial charge >= 0.3 is 0 Å². The summed E-state index contributed by atoms with van der Waals surface area (Å²) in [6.07, 6.45) is 4.51. The van der Waals surface area contributed by atoms with E-state index in [1.165, 1.54) is 11.1 Å². The van der Waals surface area contributed by atoms with Gasteiger partial charge in [0, 0.05) is 18.7 Å². The van der Waals surface area contributed by atoms with E-state index in [0.717, 1.165) is 17.7 Å². The average Bonchev–Trinajstić information content (AvgIpc) is 3.22. The summed E-state index contributed by atoms with van der Waals surface area (Å²) < 4.78 is 11.2. The highest BCUT2D eigenvalue weighted by molar-refractivity contribution is 5.93. The first-order valence-corrected chi connectivity index (χ1v) is 9.09. The molecule has 0 atom stereocenters. The fourth-order valence-corrected chi connectivity index (χ4v) is 3.23. The molecule has 1 aliphatic heterocycles. The summed E-state index contributed by atoms with van der Waals surface area (Å²) in [4.78, 5) is 14.7. The second-order valence-electron chi connectivity index (χ2n) is 6.47. The topological polar surface area (TPSA) is 42.7 Å². The zero-order valence-corrected chi connectivity index (χ0v) is 15.0. The number of carbonyl (C=O) groups excluding carboxylic acids is 1. The van der Waals surface area contributed by atoms with Crippen LogP contribution in [0.4, 0.5) is 0 Å². The van der Waals surface area contributed by atoms with Gasteiger partial charge in [-0.25, -0.2) is 0 Å². The molecule has 0 aliphatic carbocycles. The highest BCUT2D eigenvalue weighted by Crippen LogP contribution is 2.24. The van der Waals surface area contributed by atoms with E-state index in [4.69, 9.17) is 9.15 Å². The lowest BCUT2D eigenvalue weighted by molar-refractivity contribution is 0.0737. The van der Waals surface area contributed by atoms with Crippen LogP contribution in [-0.2, 0) is 6.61 Å². The lowest BCUT2D eigenvalue weighted by atomic mass is 9.99. The van der Waals surface area contributed by atoms with Gasteiger partial charge in [-0.05, 0) is 35.8 Å². The fourth-order valence-electron chi connectivity index (χ4n) is 3.23. The molecule has 3 aromatic rings. The Labute approximate surface area is 158 Å². The Kier molecular flexibility index (Phi) is 5.06. The molecule has 2 heterocycles. The number of nitrogens with zero attached hydrogens (tertiary/aromatic N) is 1. The van der Waals surface area contributed by atoms with E-state index < -0.39 is 0 Å². The van der Waals surface area contributed by atoms with Crippen LogP contribution in [0.1, 0.15) is 28.1 Å². The van der Waals surface area contributed by atoms with Gasteiger partial charge in [0.05, 0.1) is 6.26 Å². The standard InChI is InChI=1S/C23H21NO3/c25-23(24-14-11-19(12-15-24)18-7-3-1-4-8-18)22-20(13-16-26-22)17-27-21-9-5-2-6-10-21/h1-11,13,16H,12,14-15,17H2. The number of hydrogen-bond acceptors (Lipinski definition) is 3. The number of furan rings is 1. The van der Waals surface area contributed by atoms with Gasteiger partial charge in [-0.2, -0.15) is 0 Å². The molecule has 4 nitrogen and oxygen atoms in total. The van der Waals surface area contributed by atoms with Crippen LogP contribution in [0.3, 0.4) is 0 Å². The number of ether oxygens (including phenoxy) is 1. The number of amides is 1. The highest BCUT2D eigenvalue weighted by atomic mass is 16.5. The van der Waals surface area contributed by atoms with Gasteiger partial charge in [0.25, 0.3) is 5.91 Å². The first-order chi connectivity index (χ1) is 13.3. The molecule has 0 saturated heterocycles. The lowest BCUT2D eigenvalue weighted by Crippen LogP contribution is -2.35. The smallest absolute Gasteiger partial charge is 0.290 e. The second kappa shape index (κ2) is 7.96. The maximum absolute atomic E-state index is 12.9. The summed E-state index contributed by atoms with van der Waals surface area (Å²) in [5.41, 5.74) is 3.27. The Bertz CT molecular complexity index is 929. The Morgan fingerprint density at radius 1 is 1.00 bits per heavy atom. The van der Waals surface area contributed by atoms with Crippen molar-refractivity contribution in [3.05, 3.63) is 96.0 Å². The van der Waals surface area contributed by atoms with Gasteiger partial charge in [0.1, 0.15) is 12.4 Å². The maximum Gasteiger partial charge on any atom is 0.290 e. The van der Waals surface area contributed by atoms with E-state index in [2.05, 4.69) is 18.2 Å². The molecule has 1 aromatic heterocycles. The molecule has 136 valence electrons. The quantitative estimate of drug-likeness (QED) is 0.658. The molecule has 1 amide bonds. The minimum Gasteiger partial charge on any atom is -0.489 e. The number of benzene rings is 2. The SMILES string of the molecule is O=C(c1occc1COc1ccccc1)N1CC=C(c2ccccc2)CC1. The Balaban J connectivity index is 1.42. The minimum atomic E-state index is -0.0879. The first kappa shape index (κ1) is 17.2. The molecule has 0 unspecified atom stereocenters. The molecule has 0 fully saturated rings. The van der Waals surface area contributed by atoms with Gasteiger partial charge in [-0.1, -0.05) is 54.6 Å². The molecule has 2 aromatic carbocycles. The van der Waals surface area contributed by atoms with Crippen molar-refractivity contribution < 1.29 is 13.9 Å². The van der Waals surface area contributed by atoms with Crippen LogP contribution in [0, 0.1) is 0 Å². The number of carbonyl (C=O) groups is 1. The van der Waals surface area contributed by atoms with Crippen LogP contribution < -0.4 is 4.74 Å². The molecule has 0 spiro atoms. The van der Waals surface area contributed by atoms with E-state index in [-0.39, 0.29) is 5.91 Å². The molecule has 0 N–H and O–H groups in total. The summed E-state index contributed by atoms with van der Waals surface area (Å²) in [5.74, 6) is 1.04. The van der Waals surface area contributed by atoms with E-state index >= 15 is 0 Å². The van der Waals surface area contributed by atoms with Crippen molar-refractivity contribution in [3.63, 3.8) is 0 Å². The van der Waals surface area contributed by atoms with Crippen molar-refractivity contribution in [1.82, 2.24) is 4.90 Å². The molecule has 0 radical (unpaired) electrons. The van der Waals surface area contributed by atoms with E-state index in [1.54, 1.807) is 12.3 Å². The van der Waals surface area contributed by atoms with E-state index in [9.17, 15) is 4.79 Å². The summed E-state index contributed by atoms with van der Waals surface area (Å²) in [6.45, 7) is 1.57. The maximum atomic E-state index is 12.9. The summed E-state index contributed by atoms with van der Waals surface area (Å²) >= 11 is 0. The molecule has 0 saturated carbocycles. The largest absolute Gasteiger partial charge is 0.489 e. The minimum absolute atomic E-state index is 0.0879. The van der Waals surface area contributed by atoms with E-state index in [0.29, 0.717) is 25.5 Å². The monoisotopic (exact) mass is 359 g/mol. The van der Waals surface area contributed by atoms with Gasteiger partial charge in [-0.3, -0.25) is 4.79 Å². The van der Waals surface area contributed by atoms with Gasteiger partial charge < -0.3 is 14.1 Å². The molecule has 0 bridgehead atoms.